The van der Waals surface area contributed by atoms with Crippen LogP contribution in [0.25, 0.3) is 0 Å². The molecule has 2 rings (SSSR count). The van der Waals surface area contributed by atoms with Crippen LogP contribution < -0.4 is 10.6 Å². The van der Waals surface area contributed by atoms with Crippen molar-refractivity contribution in [3.63, 3.8) is 0 Å². The molecule has 1 heterocycles. The van der Waals surface area contributed by atoms with E-state index in [1.165, 1.54) is 24.5 Å². The Balaban J connectivity index is 2.14. The molecule has 124 valence electrons. The number of sulfone groups is 1. The third kappa shape index (κ3) is 4.43. The average Bonchev–Trinajstić information content (AvgIpc) is 3.00. The maximum atomic E-state index is 12.4. The molecule has 1 aromatic carbocycles. The van der Waals surface area contributed by atoms with Crippen molar-refractivity contribution in [2.75, 3.05) is 13.6 Å². The number of amides is 1. The van der Waals surface area contributed by atoms with E-state index >= 15 is 0 Å². The Morgan fingerprint density at radius 1 is 1.22 bits per heavy atom. The van der Waals surface area contributed by atoms with Gasteiger partial charge in [0.05, 0.1) is 16.9 Å². The molecule has 7 heteroatoms. The second kappa shape index (κ2) is 7.43. The molecule has 1 amide bonds. The summed E-state index contributed by atoms with van der Waals surface area (Å²) >= 11 is 0. The van der Waals surface area contributed by atoms with Crippen LogP contribution in [0.1, 0.15) is 23.0 Å². The highest BCUT2D eigenvalue weighted by Crippen LogP contribution is 2.19. The Morgan fingerprint density at radius 2 is 1.91 bits per heavy atom. The lowest BCUT2D eigenvalue weighted by Crippen LogP contribution is -2.37. The van der Waals surface area contributed by atoms with E-state index in [9.17, 15) is 13.2 Å². The summed E-state index contributed by atoms with van der Waals surface area (Å²) in [6.07, 6.45) is 1.33. The number of benzene rings is 1. The first-order valence-electron chi connectivity index (χ1n) is 7.23. The van der Waals surface area contributed by atoms with Crippen LogP contribution in [-0.2, 0) is 15.6 Å². The maximum Gasteiger partial charge on any atom is 0.287 e. The van der Waals surface area contributed by atoms with Crippen LogP contribution in [0.3, 0.4) is 0 Å². The third-order valence-electron chi connectivity index (χ3n) is 3.46. The number of hydrogen-bond acceptors (Lipinski definition) is 5. The molecule has 1 unspecified atom stereocenters. The number of likely N-dealkylation sites (N-methyl/N-ethyl adjacent to an activating group) is 1. The molecule has 1 atom stereocenters. The molecule has 0 fully saturated rings. The minimum Gasteiger partial charge on any atom is -0.459 e. The zero-order valence-corrected chi connectivity index (χ0v) is 13.9. The largest absolute Gasteiger partial charge is 0.459 e. The second-order valence-corrected chi connectivity index (χ2v) is 7.24. The molecule has 0 radical (unpaired) electrons. The van der Waals surface area contributed by atoms with Gasteiger partial charge in [0.25, 0.3) is 5.91 Å². The third-order valence-corrected chi connectivity index (χ3v) is 5.14. The Hall–Kier alpha value is -2.12. The van der Waals surface area contributed by atoms with Gasteiger partial charge >= 0.3 is 0 Å². The fourth-order valence-corrected chi connectivity index (χ4v) is 3.37. The fraction of sp³-hybridized carbons (Fsp3) is 0.312. The topological polar surface area (TPSA) is 88.4 Å². The van der Waals surface area contributed by atoms with E-state index in [4.69, 9.17) is 4.42 Å². The predicted octanol–water partition coefficient (Wildman–Crippen LogP) is 1.59. The molecule has 0 spiro atoms. The number of hydrogen-bond donors (Lipinski definition) is 2. The number of nitrogens with one attached hydrogen (secondary N) is 2. The number of furan rings is 1. The van der Waals surface area contributed by atoms with Crippen LogP contribution in [0.2, 0.25) is 0 Å². The summed E-state index contributed by atoms with van der Waals surface area (Å²) in [5, 5.41) is 5.71. The quantitative estimate of drug-likeness (QED) is 0.801. The number of rotatable bonds is 7. The van der Waals surface area contributed by atoms with E-state index in [-0.39, 0.29) is 22.5 Å². The van der Waals surface area contributed by atoms with Crippen LogP contribution in [0.4, 0.5) is 0 Å². The molecule has 0 saturated heterocycles. The van der Waals surface area contributed by atoms with Gasteiger partial charge in [-0.3, -0.25) is 4.79 Å². The maximum absolute atomic E-state index is 12.4. The molecule has 2 N–H and O–H groups in total. The molecule has 0 aliphatic rings. The first-order valence-corrected chi connectivity index (χ1v) is 8.89. The van der Waals surface area contributed by atoms with E-state index in [1.807, 2.05) is 6.92 Å². The van der Waals surface area contributed by atoms with E-state index < -0.39 is 15.7 Å². The Kier molecular flexibility index (Phi) is 5.57. The van der Waals surface area contributed by atoms with Gasteiger partial charge in [0.1, 0.15) is 0 Å². The monoisotopic (exact) mass is 336 g/mol. The van der Waals surface area contributed by atoms with Crippen molar-refractivity contribution in [3.05, 3.63) is 54.0 Å². The minimum atomic E-state index is -3.53. The molecule has 23 heavy (non-hydrogen) atoms. The van der Waals surface area contributed by atoms with Crippen molar-refractivity contribution < 1.29 is 17.6 Å². The smallest absolute Gasteiger partial charge is 0.287 e. The summed E-state index contributed by atoms with van der Waals surface area (Å²) in [6.45, 7) is 2.34. The van der Waals surface area contributed by atoms with Crippen LogP contribution >= 0.6 is 0 Å². The molecule has 0 bridgehead atoms. The van der Waals surface area contributed by atoms with Gasteiger partial charge in [-0.25, -0.2) is 8.42 Å². The first-order chi connectivity index (χ1) is 10.9. The van der Waals surface area contributed by atoms with Crippen molar-refractivity contribution >= 4 is 15.7 Å². The highest BCUT2D eigenvalue weighted by atomic mass is 32.2. The van der Waals surface area contributed by atoms with Crippen LogP contribution in [0, 0.1) is 0 Å². The highest BCUT2D eigenvalue weighted by molar-refractivity contribution is 7.90. The predicted molar refractivity (Wildman–Crippen MR) is 86.9 cm³/mol. The lowest BCUT2D eigenvalue weighted by atomic mass is 10.2. The van der Waals surface area contributed by atoms with Gasteiger partial charge in [0, 0.05) is 18.2 Å². The van der Waals surface area contributed by atoms with E-state index in [1.54, 1.807) is 25.2 Å². The summed E-state index contributed by atoms with van der Waals surface area (Å²) in [5.74, 6) is -0.666. The Morgan fingerprint density at radius 3 is 2.57 bits per heavy atom. The molecule has 0 aliphatic carbocycles. The molecule has 0 saturated carbocycles. The fourth-order valence-electron chi connectivity index (χ4n) is 1.99. The van der Waals surface area contributed by atoms with Crippen LogP contribution in [0.15, 0.2) is 52.0 Å². The first kappa shape index (κ1) is 17.2. The van der Waals surface area contributed by atoms with E-state index in [0.717, 1.165) is 0 Å². The summed E-state index contributed by atoms with van der Waals surface area (Å²) < 4.78 is 30.0. The van der Waals surface area contributed by atoms with Crippen molar-refractivity contribution in [3.8, 4) is 0 Å². The highest BCUT2D eigenvalue weighted by Gasteiger charge is 2.22. The summed E-state index contributed by atoms with van der Waals surface area (Å²) in [4.78, 5) is 12.4. The Labute approximate surface area is 135 Å². The summed E-state index contributed by atoms with van der Waals surface area (Å²) in [6, 6.07) is 9.75. The lowest BCUT2D eigenvalue weighted by Gasteiger charge is -2.11. The van der Waals surface area contributed by atoms with Crippen molar-refractivity contribution in [1.29, 1.82) is 0 Å². The van der Waals surface area contributed by atoms with E-state index in [2.05, 4.69) is 10.6 Å². The van der Waals surface area contributed by atoms with Crippen molar-refractivity contribution in [2.24, 2.45) is 0 Å². The van der Waals surface area contributed by atoms with Gasteiger partial charge < -0.3 is 15.1 Å². The van der Waals surface area contributed by atoms with Gasteiger partial charge in [-0.05, 0) is 32.2 Å². The zero-order chi connectivity index (χ0) is 16.9. The molecule has 0 aliphatic heterocycles. The molecule has 1 aromatic heterocycles. The van der Waals surface area contributed by atoms with Gasteiger partial charge in [0.2, 0.25) is 0 Å². The van der Waals surface area contributed by atoms with Gasteiger partial charge in [0.15, 0.2) is 15.6 Å². The second-order valence-electron chi connectivity index (χ2n) is 5.25. The van der Waals surface area contributed by atoms with E-state index in [0.29, 0.717) is 12.1 Å². The SMILES string of the molecule is CNC(C)CNC(=O)c1occc1CS(=O)(=O)c1ccccc1. The zero-order valence-electron chi connectivity index (χ0n) is 13.1. The molecular formula is C16H20N2O4S. The van der Waals surface area contributed by atoms with Crippen LogP contribution in [-0.4, -0.2) is 34.0 Å². The van der Waals surface area contributed by atoms with Gasteiger partial charge in [-0.1, -0.05) is 18.2 Å². The number of carbonyl (C=O) groups is 1. The number of carbonyl (C=O) groups excluding carboxylic acids is 1. The van der Waals surface area contributed by atoms with Crippen LogP contribution in [0.5, 0.6) is 0 Å². The molecule has 6 nitrogen and oxygen atoms in total. The van der Waals surface area contributed by atoms with Gasteiger partial charge in [-0.2, -0.15) is 0 Å². The van der Waals surface area contributed by atoms with Crippen molar-refractivity contribution in [1.82, 2.24) is 10.6 Å². The average molecular weight is 336 g/mol. The normalized spacial score (nSPS) is 12.8. The summed E-state index contributed by atoms with van der Waals surface area (Å²) in [7, 11) is -1.73. The minimum absolute atomic E-state index is 0.0350. The van der Waals surface area contributed by atoms with Gasteiger partial charge in [-0.15, -0.1) is 0 Å². The van der Waals surface area contributed by atoms with Crippen molar-refractivity contribution in [2.45, 2.75) is 23.6 Å². The molecule has 2 aromatic rings. The Bertz CT molecular complexity index is 753. The lowest BCUT2D eigenvalue weighted by molar-refractivity contribution is 0.0922. The standard InChI is InChI=1S/C16H20N2O4S/c1-12(17-2)10-18-16(19)15-13(8-9-22-15)11-23(20,21)14-6-4-3-5-7-14/h3-9,12,17H,10-11H2,1-2H3,(H,18,19). The summed E-state index contributed by atoms with van der Waals surface area (Å²) in [5.41, 5.74) is 0.350. The molecular weight excluding hydrogens is 316 g/mol.